The first-order valence-electron chi connectivity index (χ1n) is 11.3. The lowest BCUT2D eigenvalue weighted by Crippen LogP contribution is -2.07. The fraction of sp³-hybridized carbons (Fsp3) is 0.833. The Kier molecular flexibility index (Phi) is 23.0. The van der Waals surface area contributed by atoms with Crippen molar-refractivity contribution >= 4 is 31.9 Å². The van der Waals surface area contributed by atoms with Gasteiger partial charge in [-0.2, -0.15) is 0 Å². The minimum Gasteiger partial charge on any atom is -0.381 e. The van der Waals surface area contributed by atoms with E-state index in [1.165, 1.54) is 64.2 Å². The Morgan fingerprint density at radius 2 is 1.07 bits per heavy atom. The fourth-order valence-electron chi connectivity index (χ4n) is 3.26. The summed E-state index contributed by atoms with van der Waals surface area (Å²) in [5.41, 5.74) is 0. The van der Waals surface area contributed by atoms with Gasteiger partial charge >= 0.3 is 0 Å². The molecule has 0 aliphatic carbocycles. The highest BCUT2D eigenvalue weighted by atomic mass is 79.9. The Morgan fingerprint density at radius 1 is 0.630 bits per heavy atom. The van der Waals surface area contributed by atoms with Crippen molar-refractivity contribution in [2.24, 2.45) is 11.8 Å². The molecule has 0 amide bonds. The van der Waals surface area contributed by atoms with E-state index >= 15 is 0 Å². The Bertz CT molecular complexity index is 309. The number of unbranched alkanes of at least 4 members (excludes halogenated alkanes) is 4. The SMILES string of the molecule is CCC=CC(CCCCCBr)CCOCCC(C=CCC)CCCCCBr. The van der Waals surface area contributed by atoms with Crippen molar-refractivity contribution in [3.05, 3.63) is 24.3 Å². The largest absolute Gasteiger partial charge is 0.381 e. The molecular weight excluding hydrogens is 464 g/mol. The molecule has 27 heavy (non-hydrogen) atoms. The van der Waals surface area contributed by atoms with Crippen LogP contribution in [0, 0.1) is 11.8 Å². The second kappa shape index (κ2) is 22.7. The van der Waals surface area contributed by atoms with Crippen molar-refractivity contribution in [2.75, 3.05) is 23.9 Å². The van der Waals surface area contributed by atoms with Gasteiger partial charge in [-0.15, -0.1) is 0 Å². The Balaban J connectivity index is 4.03. The van der Waals surface area contributed by atoms with Gasteiger partial charge in [-0.3, -0.25) is 0 Å². The summed E-state index contributed by atoms with van der Waals surface area (Å²) in [5.74, 6) is 1.39. The molecule has 3 heteroatoms. The molecule has 0 aliphatic heterocycles. The van der Waals surface area contributed by atoms with Gasteiger partial charge in [0.15, 0.2) is 0 Å². The predicted molar refractivity (Wildman–Crippen MR) is 130 cm³/mol. The average Bonchev–Trinajstić information content (AvgIpc) is 2.69. The summed E-state index contributed by atoms with van der Waals surface area (Å²) in [7, 11) is 0. The lowest BCUT2D eigenvalue weighted by atomic mass is 9.97. The summed E-state index contributed by atoms with van der Waals surface area (Å²) >= 11 is 7.05. The van der Waals surface area contributed by atoms with Gasteiger partial charge in [0.25, 0.3) is 0 Å². The molecule has 0 aromatic carbocycles. The fourth-order valence-corrected chi connectivity index (χ4v) is 4.05. The number of hydrogen-bond acceptors (Lipinski definition) is 1. The molecule has 0 radical (unpaired) electrons. The van der Waals surface area contributed by atoms with Crippen molar-refractivity contribution in [3.63, 3.8) is 0 Å². The highest BCUT2D eigenvalue weighted by molar-refractivity contribution is 9.09. The van der Waals surface area contributed by atoms with Crippen LogP contribution in [0.5, 0.6) is 0 Å². The Labute approximate surface area is 187 Å². The van der Waals surface area contributed by atoms with Crippen molar-refractivity contribution < 1.29 is 4.74 Å². The van der Waals surface area contributed by atoms with E-state index in [2.05, 4.69) is 70.0 Å². The maximum Gasteiger partial charge on any atom is 0.0471 e. The molecule has 0 aliphatic rings. The van der Waals surface area contributed by atoms with Crippen molar-refractivity contribution in [1.82, 2.24) is 0 Å². The molecule has 1 nitrogen and oxygen atoms in total. The molecule has 0 fully saturated rings. The Morgan fingerprint density at radius 3 is 1.44 bits per heavy atom. The maximum atomic E-state index is 6.03. The minimum atomic E-state index is 0.695. The smallest absolute Gasteiger partial charge is 0.0471 e. The molecule has 0 aromatic heterocycles. The van der Waals surface area contributed by atoms with Crippen LogP contribution in [0.25, 0.3) is 0 Å². The lowest BCUT2D eigenvalue weighted by Gasteiger charge is -2.15. The molecule has 2 unspecified atom stereocenters. The van der Waals surface area contributed by atoms with Gasteiger partial charge in [-0.05, 0) is 63.2 Å². The van der Waals surface area contributed by atoms with E-state index in [-0.39, 0.29) is 0 Å². The normalized spacial score (nSPS) is 14.4. The first-order valence-corrected chi connectivity index (χ1v) is 13.6. The van der Waals surface area contributed by atoms with Gasteiger partial charge in [0.1, 0.15) is 0 Å². The van der Waals surface area contributed by atoms with Crippen LogP contribution in [-0.2, 0) is 4.74 Å². The molecule has 0 saturated heterocycles. The third kappa shape index (κ3) is 19.5. The quantitative estimate of drug-likeness (QED) is 0.0907. The lowest BCUT2D eigenvalue weighted by molar-refractivity contribution is 0.113. The van der Waals surface area contributed by atoms with Crippen LogP contribution in [0.4, 0.5) is 0 Å². The predicted octanol–water partition coefficient (Wildman–Crippen LogP) is 8.86. The van der Waals surface area contributed by atoms with Crippen LogP contribution in [0.3, 0.4) is 0 Å². The number of hydrogen-bond donors (Lipinski definition) is 0. The summed E-state index contributed by atoms with van der Waals surface area (Å²) in [5, 5.41) is 2.27. The molecule has 0 rings (SSSR count). The Hall–Kier alpha value is 0.400. The third-order valence-corrected chi connectivity index (χ3v) is 6.09. The monoisotopic (exact) mass is 506 g/mol. The van der Waals surface area contributed by atoms with Gasteiger partial charge in [0.05, 0.1) is 0 Å². The van der Waals surface area contributed by atoms with E-state index in [1.807, 2.05) is 0 Å². The van der Waals surface area contributed by atoms with E-state index in [4.69, 9.17) is 4.74 Å². The highest BCUT2D eigenvalue weighted by Crippen LogP contribution is 2.18. The van der Waals surface area contributed by atoms with Crippen LogP contribution < -0.4 is 0 Å². The van der Waals surface area contributed by atoms with Gasteiger partial charge in [0, 0.05) is 23.9 Å². The van der Waals surface area contributed by atoms with Crippen molar-refractivity contribution in [3.8, 4) is 0 Å². The first kappa shape index (κ1) is 27.4. The third-order valence-electron chi connectivity index (χ3n) is 4.97. The maximum absolute atomic E-state index is 6.03. The first-order chi connectivity index (χ1) is 13.3. The summed E-state index contributed by atoms with van der Waals surface area (Å²) in [6.07, 6.45) is 24.7. The molecule has 0 spiro atoms. The van der Waals surface area contributed by atoms with Crippen LogP contribution >= 0.6 is 31.9 Å². The van der Waals surface area contributed by atoms with E-state index < -0.39 is 0 Å². The van der Waals surface area contributed by atoms with Crippen molar-refractivity contribution in [2.45, 2.75) is 90.9 Å². The van der Waals surface area contributed by atoms with Gasteiger partial charge in [-0.1, -0.05) is 95.7 Å². The number of allylic oxidation sites excluding steroid dienone is 4. The molecule has 160 valence electrons. The van der Waals surface area contributed by atoms with E-state index in [0.717, 1.165) is 36.7 Å². The van der Waals surface area contributed by atoms with Crippen LogP contribution in [0.2, 0.25) is 0 Å². The molecular formula is C24H44Br2O. The zero-order valence-electron chi connectivity index (χ0n) is 17.9. The molecule has 0 heterocycles. The van der Waals surface area contributed by atoms with Crippen molar-refractivity contribution in [1.29, 1.82) is 0 Å². The number of alkyl halides is 2. The molecule has 0 aromatic rings. The van der Waals surface area contributed by atoms with Crippen LogP contribution in [0.1, 0.15) is 90.9 Å². The summed E-state index contributed by atoms with van der Waals surface area (Å²) in [6, 6.07) is 0. The zero-order chi connectivity index (χ0) is 20.0. The van der Waals surface area contributed by atoms with Crippen LogP contribution in [-0.4, -0.2) is 23.9 Å². The second-order valence-electron chi connectivity index (χ2n) is 7.46. The summed E-state index contributed by atoms with van der Waals surface area (Å²) < 4.78 is 6.03. The number of ether oxygens (including phenoxy) is 1. The molecule has 0 saturated carbocycles. The van der Waals surface area contributed by atoms with E-state index in [9.17, 15) is 0 Å². The molecule has 0 bridgehead atoms. The van der Waals surface area contributed by atoms with Gasteiger partial charge in [-0.25, -0.2) is 0 Å². The molecule has 2 atom stereocenters. The summed E-state index contributed by atoms with van der Waals surface area (Å²) in [4.78, 5) is 0. The van der Waals surface area contributed by atoms with Gasteiger partial charge in [0.2, 0.25) is 0 Å². The summed E-state index contributed by atoms with van der Waals surface area (Å²) in [6.45, 7) is 6.25. The number of rotatable bonds is 20. The van der Waals surface area contributed by atoms with E-state index in [1.54, 1.807) is 0 Å². The standard InChI is InChI=1S/C24H44Br2O/c1-3-5-13-23(15-9-7-11-19-25)17-21-27-22-18-24(14-6-4-2)16-10-8-12-20-26/h5-6,13-14,23-24H,3-4,7-12,15-22H2,1-2H3. The topological polar surface area (TPSA) is 9.23 Å². The second-order valence-corrected chi connectivity index (χ2v) is 9.05. The van der Waals surface area contributed by atoms with Crippen LogP contribution in [0.15, 0.2) is 24.3 Å². The highest BCUT2D eigenvalue weighted by Gasteiger charge is 2.07. The minimum absolute atomic E-state index is 0.695. The van der Waals surface area contributed by atoms with E-state index in [0.29, 0.717) is 11.8 Å². The zero-order valence-corrected chi connectivity index (χ0v) is 21.1. The molecule has 0 N–H and O–H groups in total. The number of halogens is 2. The average molecular weight is 508 g/mol. The van der Waals surface area contributed by atoms with Gasteiger partial charge < -0.3 is 4.74 Å².